The molecule has 0 fully saturated rings. The highest BCUT2D eigenvalue weighted by Gasteiger charge is 2.25. The van der Waals surface area contributed by atoms with Gasteiger partial charge in [0.2, 0.25) is 0 Å². The highest BCUT2D eigenvalue weighted by molar-refractivity contribution is 7.20. The molecule has 0 N–H and O–H groups in total. The standard InChI is InChI=1S/C15H17N5OS/c1-3-18-15-11(10(2)17-18)9-12(22-15)14(21)20-7-4-5-13-16-6-8-19(13)20/h6,8-9H,3-5,7H2,1-2H3. The number of carbonyl (C=O) groups excluding carboxylic acids is 1. The van der Waals surface area contributed by atoms with Gasteiger partial charge >= 0.3 is 0 Å². The minimum atomic E-state index is 0.0437. The SMILES string of the molecule is CCn1nc(C)c2cc(C(=O)N3CCCc4nccn43)sc21. The van der Waals surface area contributed by atoms with Gasteiger partial charge in [0.15, 0.2) is 0 Å². The van der Waals surface area contributed by atoms with Crippen LogP contribution in [0.5, 0.6) is 0 Å². The molecule has 4 rings (SSSR count). The Hall–Kier alpha value is -2.15. The number of aromatic nitrogens is 4. The van der Waals surface area contributed by atoms with Crippen molar-refractivity contribution in [2.45, 2.75) is 33.2 Å². The summed E-state index contributed by atoms with van der Waals surface area (Å²) in [6, 6.07) is 1.97. The fourth-order valence-corrected chi connectivity index (χ4v) is 4.15. The number of rotatable bonds is 2. The van der Waals surface area contributed by atoms with E-state index in [4.69, 9.17) is 0 Å². The highest BCUT2D eigenvalue weighted by Crippen LogP contribution is 2.29. The molecule has 1 aliphatic rings. The molecule has 1 aliphatic heterocycles. The maximum Gasteiger partial charge on any atom is 0.282 e. The Morgan fingerprint density at radius 3 is 3.14 bits per heavy atom. The monoisotopic (exact) mass is 315 g/mol. The van der Waals surface area contributed by atoms with Crippen LogP contribution in [0.25, 0.3) is 10.2 Å². The molecule has 0 aliphatic carbocycles. The van der Waals surface area contributed by atoms with Crippen molar-refractivity contribution in [3.8, 4) is 0 Å². The summed E-state index contributed by atoms with van der Waals surface area (Å²) in [6.45, 7) is 5.60. The second-order valence-corrected chi connectivity index (χ2v) is 6.48. The van der Waals surface area contributed by atoms with Crippen LogP contribution in [0.2, 0.25) is 0 Å². The Morgan fingerprint density at radius 1 is 1.45 bits per heavy atom. The minimum Gasteiger partial charge on any atom is -0.266 e. The van der Waals surface area contributed by atoms with Gasteiger partial charge < -0.3 is 0 Å². The van der Waals surface area contributed by atoms with Crippen molar-refractivity contribution in [2.24, 2.45) is 0 Å². The Bertz CT molecular complexity index is 859. The van der Waals surface area contributed by atoms with Gasteiger partial charge in [-0.3, -0.25) is 9.48 Å². The van der Waals surface area contributed by atoms with Crippen LogP contribution in [0.4, 0.5) is 0 Å². The summed E-state index contributed by atoms with van der Waals surface area (Å²) < 4.78 is 3.85. The predicted octanol–water partition coefficient (Wildman–Crippen LogP) is 2.35. The van der Waals surface area contributed by atoms with Gasteiger partial charge in [-0.05, 0) is 26.3 Å². The fraction of sp³-hybridized carbons (Fsp3) is 0.400. The summed E-state index contributed by atoms with van der Waals surface area (Å²) in [4.78, 5) is 19.1. The van der Waals surface area contributed by atoms with Crippen LogP contribution in [-0.4, -0.2) is 31.9 Å². The lowest BCUT2D eigenvalue weighted by Gasteiger charge is -2.28. The van der Waals surface area contributed by atoms with E-state index < -0.39 is 0 Å². The van der Waals surface area contributed by atoms with Crippen molar-refractivity contribution in [3.63, 3.8) is 0 Å². The zero-order valence-electron chi connectivity index (χ0n) is 12.6. The van der Waals surface area contributed by atoms with Gasteiger partial charge in [-0.25, -0.2) is 14.7 Å². The summed E-state index contributed by atoms with van der Waals surface area (Å²) in [6.07, 6.45) is 5.49. The van der Waals surface area contributed by atoms with Crippen molar-refractivity contribution in [2.75, 3.05) is 11.6 Å². The van der Waals surface area contributed by atoms with E-state index in [2.05, 4.69) is 17.0 Å². The van der Waals surface area contributed by atoms with Gasteiger partial charge in [0, 0.05) is 37.3 Å². The molecule has 6 nitrogen and oxygen atoms in total. The number of nitrogens with zero attached hydrogens (tertiary/aromatic N) is 5. The van der Waals surface area contributed by atoms with E-state index in [1.807, 2.05) is 28.5 Å². The molecule has 0 radical (unpaired) electrons. The lowest BCUT2D eigenvalue weighted by Crippen LogP contribution is -2.44. The zero-order valence-corrected chi connectivity index (χ0v) is 13.4. The number of thiophene rings is 1. The van der Waals surface area contributed by atoms with E-state index >= 15 is 0 Å². The highest BCUT2D eigenvalue weighted by atomic mass is 32.1. The molecule has 7 heteroatoms. The number of carbonyl (C=O) groups is 1. The minimum absolute atomic E-state index is 0.0437. The molecule has 114 valence electrons. The van der Waals surface area contributed by atoms with Crippen LogP contribution in [0.15, 0.2) is 18.5 Å². The molecule has 0 atom stereocenters. The Balaban J connectivity index is 1.75. The van der Waals surface area contributed by atoms with E-state index in [1.165, 1.54) is 11.3 Å². The first-order chi connectivity index (χ1) is 10.7. The lowest BCUT2D eigenvalue weighted by molar-refractivity contribution is 0.0956. The zero-order chi connectivity index (χ0) is 15.3. The van der Waals surface area contributed by atoms with E-state index in [0.29, 0.717) is 0 Å². The largest absolute Gasteiger partial charge is 0.282 e. The maximum absolute atomic E-state index is 12.9. The van der Waals surface area contributed by atoms with E-state index in [9.17, 15) is 4.79 Å². The van der Waals surface area contributed by atoms with Crippen LogP contribution in [0.1, 0.15) is 34.5 Å². The lowest BCUT2D eigenvalue weighted by atomic mass is 10.2. The molecular weight excluding hydrogens is 298 g/mol. The van der Waals surface area contributed by atoms with Crippen molar-refractivity contribution in [3.05, 3.63) is 34.9 Å². The molecule has 0 bridgehead atoms. The molecule has 1 amide bonds. The molecule has 0 aromatic carbocycles. The number of hydrogen-bond donors (Lipinski definition) is 0. The van der Waals surface area contributed by atoms with E-state index in [0.717, 1.165) is 52.5 Å². The third kappa shape index (κ3) is 1.89. The van der Waals surface area contributed by atoms with Gasteiger partial charge in [0.25, 0.3) is 5.91 Å². The first-order valence-electron chi connectivity index (χ1n) is 7.50. The molecule has 0 saturated carbocycles. The van der Waals surface area contributed by atoms with Gasteiger partial charge in [-0.15, -0.1) is 11.3 Å². The van der Waals surface area contributed by atoms with Crippen LogP contribution in [0.3, 0.4) is 0 Å². The molecule has 0 saturated heterocycles. The third-order valence-corrected chi connectivity index (χ3v) is 5.21. The number of aryl methyl sites for hydroxylation is 3. The van der Waals surface area contributed by atoms with Crippen molar-refractivity contribution >= 4 is 27.5 Å². The van der Waals surface area contributed by atoms with Crippen molar-refractivity contribution in [1.29, 1.82) is 0 Å². The van der Waals surface area contributed by atoms with Gasteiger partial charge in [-0.1, -0.05) is 0 Å². The second-order valence-electron chi connectivity index (χ2n) is 5.45. The predicted molar refractivity (Wildman–Crippen MR) is 86.0 cm³/mol. The maximum atomic E-state index is 12.9. The van der Waals surface area contributed by atoms with Crippen LogP contribution >= 0.6 is 11.3 Å². The third-order valence-electron chi connectivity index (χ3n) is 4.08. The summed E-state index contributed by atoms with van der Waals surface area (Å²) in [7, 11) is 0. The first kappa shape index (κ1) is 13.5. The molecular formula is C15H17N5OS. The average Bonchev–Trinajstić information content (AvgIpc) is 3.22. The summed E-state index contributed by atoms with van der Waals surface area (Å²) in [5, 5.41) is 7.36. The first-order valence-corrected chi connectivity index (χ1v) is 8.32. The van der Waals surface area contributed by atoms with Crippen LogP contribution in [-0.2, 0) is 13.0 Å². The second kappa shape index (κ2) is 4.95. The molecule has 3 aromatic heterocycles. The van der Waals surface area contributed by atoms with Crippen LogP contribution < -0.4 is 5.01 Å². The number of imidazole rings is 1. The molecule has 4 heterocycles. The normalized spacial score (nSPS) is 14.5. The quantitative estimate of drug-likeness (QED) is 0.729. The van der Waals surface area contributed by atoms with Crippen molar-refractivity contribution in [1.82, 2.24) is 19.4 Å². The van der Waals surface area contributed by atoms with Gasteiger partial charge in [-0.2, -0.15) is 5.10 Å². The van der Waals surface area contributed by atoms with E-state index in [-0.39, 0.29) is 5.91 Å². The van der Waals surface area contributed by atoms with E-state index in [1.54, 1.807) is 11.2 Å². The average molecular weight is 315 g/mol. The Labute approximate surface area is 131 Å². The summed E-state index contributed by atoms with van der Waals surface area (Å²) in [5.74, 6) is 0.999. The molecule has 0 unspecified atom stereocenters. The Kier molecular flexibility index (Phi) is 3.04. The van der Waals surface area contributed by atoms with Gasteiger partial charge in [0.05, 0.1) is 10.6 Å². The van der Waals surface area contributed by atoms with Crippen LogP contribution in [0, 0.1) is 6.92 Å². The topological polar surface area (TPSA) is 56.0 Å². The number of fused-ring (bicyclic) bond motifs is 2. The molecule has 3 aromatic rings. The fourth-order valence-electron chi connectivity index (χ4n) is 2.98. The smallest absolute Gasteiger partial charge is 0.266 e. The number of hydrogen-bond acceptors (Lipinski definition) is 4. The summed E-state index contributed by atoms with van der Waals surface area (Å²) >= 11 is 1.52. The molecule has 22 heavy (non-hydrogen) atoms. The Morgan fingerprint density at radius 2 is 2.32 bits per heavy atom. The van der Waals surface area contributed by atoms with Crippen molar-refractivity contribution < 1.29 is 4.79 Å². The molecule has 0 spiro atoms. The number of amides is 1. The summed E-state index contributed by atoms with van der Waals surface area (Å²) in [5.41, 5.74) is 0.981. The van der Waals surface area contributed by atoms with Gasteiger partial charge in [0.1, 0.15) is 10.7 Å².